The second-order valence-corrected chi connectivity index (χ2v) is 4.36. The third kappa shape index (κ3) is 2.30. The number of hydrogen-bond acceptors (Lipinski definition) is 2. The summed E-state index contributed by atoms with van der Waals surface area (Å²) in [4.78, 5) is 22.4. The van der Waals surface area contributed by atoms with Gasteiger partial charge in [0.2, 0.25) is 5.91 Å². The Balaban J connectivity index is 2.07. The van der Waals surface area contributed by atoms with E-state index in [1.54, 1.807) is 0 Å². The number of carboxylic acids is 1. The molecule has 0 spiro atoms. The normalized spacial score (nSPS) is 19.5. The number of carbonyl (C=O) groups is 2. The lowest BCUT2D eigenvalue weighted by Crippen LogP contribution is -2.35. The molecule has 1 amide bonds. The third-order valence-corrected chi connectivity index (χ3v) is 3.21. The van der Waals surface area contributed by atoms with Crippen LogP contribution in [-0.4, -0.2) is 17.0 Å². The fourth-order valence-electron chi connectivity index (χ4n) is 2.12. The van der Waals surface area contributed by atoms with Crippen molar-refractivity contribution >= 4 is 11.9 Å². The molecule has 90 valence electrons. The maximum absolute atomic E-state index is 11.7. The maximum atomic E-state index is 11.7. The fourth-order valence-corrected chi connectivity index (χ4v) is 2.12. The van der Waals surface area contributed by atoms with Crippen LogP contribution in [0.5, 0.6) is 0 Å². The number of nitrogens with one attached hydrogen (secondary N) is 1. The number of carboxylic acid groups (broad SMARTS) is 1. The Morgan fingerprint density at radius 1 is 1.41 bits per heavy atom. The zero-order chi connectivity index (χ0) is 12.4. The van der Waals surface area contributed by atoms with Crippen LogP contribution in [0.3, 0.4) is 0 Å². The van der Waals surface area contributed by atoms with Crippen LogP contribution in [0.1, 0.15) is 30.5 Å². The summed E-state index contributed by atoms with van der Waals surface area (Å²) in [5.74, 6) is -2.50. The first kappa shape index (κ1) is 11.6. The van der Waals surface area contributed by atoms with E-state index in [4.69, 9.17) is 5.11 Å². The molecule has 2 atom stereocenters. The van der Waals surface area contributed by atoms with E-state index in [0.29, 0.717) is 0 Å². The first-order valence-corrected chi connectivity index (χ1v) is 5.70. The first-order chi connectivity index (χ1) is 8.09. The molecule has 0 radical (unpaired) electrons. The quantitative estimate of drug-likeness (QED) is 0.778. The molecule has 1 aromatic rings. The lowest BCUT2D eigenvalue weighted by Gasteiger charge is -2.15. The number of aliphatic carboxylic acids is 1. The standard InChI is InChI=1S/C13H15NO3/c1-8(13(16)17)12(15)14-11-7-6-9-4-2-3-5-10(9)11/h2-5,8,11H,6-7H2,1H3,(H,14,15)(H,16,17). The molecule has 1 aromatic carbocycles. The van der Waals surface area contributed by atoms with Crippen LogP contribution in [0.2, 0.25) is 0 Å². The van der Waals surface area contributed by atoms with Crippen molar-refractivity contribution in [3.05, 3.63) is 35.4 Å². The van der Waals surface area contributed by atoms with Crippen molar-refractivity contribution < 1.29 is 14.7 Å². The topological polar surface area (TPSA) is 66.4 Å². The Morgan fingerprint density at radius 2 is 2.12 bits per heavy atom. The van der Waals surface area contributed by atoms with Gasteiger partial charge in [0.15, 0.2) is 0 Å². The van der Waals surface area contributed by atoms with Crippen LogP contribution >= 0.6 is 0 Å². The number of hydrogen-bond donors (Lipinski definition) is 2. The van der Waals surface area contributed by atoms with Crippen LogP contribution in [0, 0.1) is 5.92 Å². The molecular weight excluding hydrogens is 218 g/mol. The Labute approximate surface area is 99.6 Å². The molecule has 0 bridgehead atoms. The highest BCUT2D eigenvalue weighted by Gasteiger charge is 2.27. The summed E-state index contributed by atoms with van der Waals surface area (Å²) in [5, 5.41) is 11.6. The summed E-state index contributed by atoms with van der Waals surface area (Å²) in [6, 6.07) is 7.90. The minimum Gasteiger partial charge on any atom is -0.481 e. The van der Waals surface area contributed by atoms with Crippen molar-refractivity contribution in [1.82, 2.24) is 5.32 Å². The van der Waals surface area contributed by atoms with Gasteiger partial charge >= 0.3 is 5.97 Å². The molecule has 0 saturated carbocycles. The monoisotopic (exact) mass is 233 g/mol. The highest BCUT2D eigenvalue weighted by molar-refractivity contribution is 5.96. The summed E-state index contributed by atoms with van der Waals surface area (Å²) in [5.41, 5.74) is 2.35. The van der Waals surface area contributed by atoms with Gasteiger partial charge in [0.1, 0.15) is 5.92 Å². The molecule has 2 unspecified atom stereocenters. The average Bonchev–Trinajstić information content (AvgIpc) is 2.71. The van der Waals surface area contributed by atoms with Gasteiger partial charge in [0.05, 0.1) is 6.04 Å². The lowest BCUT2D eigenvalue weighted by atomic mass is 10.1. The third-order valence-electron chi connectivity index (χ3n) is 3.21. The van der Waals surface area contributed by atoms with Gasteiger partial charge in [-0.3, -0.25) is 9.59 Å². The van der Waals surface area contributed by atoms with Gasteiger partial charge in [0, 0.05) is 0 Å². The molecule has 1 aliphatic carbocycles. The molecule has 0 heterocycles. The summed E-state index contributed by atoms with van der Waals surface area (Å²) < 4.78 is 0. The Kier molecular flexibility index (Phi) is 3.13. The predicted octanol–water partition coefficient (Wildman–Crippen LogP) is 1.51. The van der Waals surface area contributed by atoms with Gasteiger partial charge in [-0.1, -0.05) is 24.3 Å². The summed E-state index contributed by atoms with van der Waals surface area (Å²) in [6.07, 6.45) is 1.78. The van der Waals surface area contributed by atoms with Crippen molar-refractivity contribution in [2.75, 3.05) is 0 Å². The van der Waals surface area contributed by atoms with Gasteiger partial charge < -0.3 is 10.4 Å². The molecule has 4 nitrogen and oxygen atoms in total. The molecular formula is C13H15NO3. The van der Waals surface area contributed by atoms with Crippen LogP contribution in [-0.2, 0) is 16.0 Å². The molecule has 0 aliphatic heterocycles. The largest absolute Gasteiger partial charge is 0.481 e. The Bertz CT molecular complexity index is 456. The van der Waals surface area contributed by atoms with Gasteiger partial charge in [-0.05, 0) is 30.9 Å². The number of carbonyl (C=O) groups excluding carboxylic acids is 1. The minimum absolute atomic E-state index is 0.0412. The molecule has 2 rings (SSSR count). The summed E-state index contributed by atoms with van der Waals surface area (Å²) in [6.45, 7) is 1.40. The van der Waals surface area contributed by atoms with Crippen LogP contribution in [0.4, 0.5) is 0 Å². The zero-order valence-electron chi connectivity index (χ0n) is 9.64. The Morgan fingerprint density at radius 3 is 2.82 bits per heavy atom. The maximum Gasteiger partial charge on any atom is 0.315 e. The van der Waals surface area contributed by atoms with E-state index in [1.807, 2.05) is 24.3 Å². The van der Waals surface area contributed by atoms with E-state index in [9.17, 15) is 9.59 Å². The number of fused-ring (bicyclic) bond motifs is 1. The van der Waals surface area contributed by atoms with Crippen molar-refractivity contribution in [3.63, 3.8) is 0 Å². The second-order valence-electron chi connectivity index (χ2n) is 4.36. The van der Waals surface area contributed by atoms with Crippen molar-refractivity contribution in [2.24, 2.45) is 5.92 Å². The Hall–Kier alpha value is -1.84. The summed E-state index contributed by atoms with van der Waals surface area (Å²) in [7, 11) is 0. The molecule has 2 N–H and O–H groups in total. The highest BCUT2D eigenvalue weighted by Crippen LogP contribution is 2.30. The van der Waals surface area contributed by atoms with Crippen LogP contribution in [0.25, 0.3) is 0 Å². The first-order valence-electron chi connectivity index (χ1n) is 5.70. The van der Waals surface area contributed by atoms with E-state index in [0.717, 1.165) is 18.4 Å². The van der Waals surface area contributed by atoms with Gasteiger partial charge in [-0.2, -0.15) is 0 Å². The number of benzene rings is 1. The van der Waals surface area contributed by atoms with Crippen molar-refractivity contribution in [3.8, 4) is 0 Å². The molecule has 4 heteroatoms. The molecule has 0 aromatic heterocycles. The number of amides is 1. The van der Waals surface area contributed by atoms with Gasteiger partial charge in [0.25, 0.3) is 0 Å². The van der Waals surface area contributed by atoms with Crippen LogP contribution in [0.15, 0.2) is 24.3 Å². The van der Waals surface area contributed by atoms with E-state index in [-0.39, 0.29) is 6.04 Å². The zero-order valence-corrected chi connectivity index (χ0v) is 9.64. The molecule has 0 saturated heterocycles. The average molecular weight is 233 g/mol. The van der Waals surface area contributed by atoms with E-state index in [1.165, 1.54) is 12.5 Å². The highest BCUT2D eigenvalue weighted by atomic mass is 16.4. The second kappa shape index (κ2) is 4.57. The fraction of sp³-hybridized carbons (Fsp3) is 0.385. The number of aryl methyl sites for hydroxylation is 1. The van der Waals surface area contributed by atoms with Crippen LogP contribution < -0.4 is 5.32 Å². The molecule has 17 heavy (non-hydrogen) atoms. The van der Waals surface area contributed by atoms with Crippen molar-refractivity contribution in [2.45, 2.75) is 25.8 Å². The van der Waals surface area contributed by atoms with E-state index >= 15 is 0 Å². The summed E-state index contributed by atoms with van der Waals surface area (Å²) >= 11 is 0. The van der Waals surface area contributed by atoms with E-state index < -0.39 is 17.8 Å². The predicted molar refractivity (Wildman–Crippen MR) is 62.4 cm³/mol. The molecule has 0 fully saturated rings. The smallest absolute Gasteiger partial charge is 0.315 e. The SMILES string of the molecule is CC(C(=O)O)C(=O)NC1CCc2ccccc21. The van der Waals surface area contributed by atoms with Gasteiger partial charge in [-0.25, -0.2) is 0 Å². The minimum atomic E-state index is -1.09. The number of rotatable bonds is 3. The van der Waals surface area contributed by atoms with E-state index in [2.05, 4.69) is 5.32 Å². The van der Waals surface area contributed by atoms with Gasteiger partial charge in [-0.15, -0.1) is 0 Å². The lowest BCUT2D eigenvalue weighted by molar-refractivity contribution is -0.146. The van der Waals surface area contributed by atoms with Crippen molar-refractivity contribution in [1.29, 1.82) is 0 Å². The molecule has 1 aliphatic rings.